The first-order chi connectivity index (χ1) is 13.9. The van der Waals surface area contributed by atoms with E-state index in [1.807, 2.05) is 30.3 Å². The van der Waals surface area contributed by atoms with E-state index in [2.05, 4.69) is 10.3 Å². The Morgan fingerprint density at radius 3 is 2.69 bits per heavy atom. The highest BCUT2D eigenvalue weighted by atomic mass is 35.5. The second-order valence-corrected chi connectivity index (χ2v) is 7.02. The van der Waals surface area contributed by atoms with Crippen LogP contribution >= 0.6 is 11.6 Å². The van der Waals surface area contributed by atoms with Gasteiger partial charge in [0.1, 0.15) is 5.92 Å². The van der Waals surface area contributed by atoms with Gasteiger partial charge >= 0.3 is 12.0 Å². The molecule has 1 aliphatic rings. The number of nitrogens with one attached hydrogen (secondary N) is 1. The monoisotopic (exact) mass is 416 g/mol. The van der Waals surface area contributed by atoms with Crippen molar-refractivity contribution in [3.63, 3.8) is 0 Å². The first kappa shape index (κ1) is 20.7. The van der Waals surface area contributed by atoms with Crippen molar-refractivity contribution in [2.45, 2.75) is 19.4 Å². The number of hydrogen-bond donors (Lipinski definition) is 2. The Bertz CT molecular complexity index is 946. The molecule has 0 spiro atoms. The third kappa shape index (κ3) is 4.68. The number of carbonyl (C=O) groups excluding carboxylic acids is 2. The number of carbonyl (C=O) groups is 2. The van der Waals surface area contributed by atoms with Gasteiger partial charge < -0.3 is 19.9 Å². The highest BCUT2D eigenvalue weighted by Crippen LogP contribution is 2.39. The molecule has 0 fully saturated rings. The second kappa shape index (κ2) is 8.96. The molecule has 2 aromatic rings. The average Bonchev–Trinajstić information content (AvgIpc) is 2.70. The van der Waals surface area contributed by atoms with Gasteiger partial charge in [-0.05, 0) is 30.2 Å². The smallest absolute Gasteiger partial charge is 0.341 e. The van der Waals surface area contributed by atoms with Crippen LogP contribution < -0.4 is 10.1 Å². The van der Waals surface area contributed by atoms with E-state index in [9.17, 15) is 14.7 Å². The van der Waals surface area contributed by atoms with Gasteiger partial charge in [0.05, 0.1) is 24.8 Å². The fourth-order valence-electron chi connectivity index (χ4n) is 3.23. The summed E-state index contributed by atoms with van der Waals surface area (Å²) in [6.45, 7) is 1.81. The third-order valence-electron chi connectivity index (χ3n) is 4.70. The Labute approximate surface area is 173 Å². The summed E-state index contributed by atoms with van der Waals surface area (Å²) >= 11 is 6.08. The number of ether oxygens (including phenoxy) is 2. The van der Waals surface area contributed by atoms with Crippen LogP contribution in [0.4, 0.5) is 4.79 Å². The fraction of sp³-hybridized carbons (Fsp3) is 0.286. The average molecular weight is 417 g/mol. The summed E-state index contributed by atoms with van der Waals surface area (Å²) in [5.74, 6) is -1.41. The lowest BCUT2D eigenvalue weighted by molar-refractivity contribution is -0.146. The Balaban J connectivity index is 1.82. The van der Waals surface area contributed by atoms with Gasteiger partial charge in [-0.3, -0.25) is 4.79 Å². The van der Waals surface area contributed by atoms with Gasteiger partial charge in [0.2, 0.25) is 0 Å². The SMILES string of the molecule is COc1cc(C2NC(=O)N=C(C)C2C(=O)OCCc2ccccc2)cc(Cl)c1O. The molecule has 0 saturated heterocycles. The molecule has 2 N–H and O–H groups in total. The molecule has 8 heteroatoms. The van der Waals surface area contributed by atoms with Crippen LogP contribution in [-0.2, 0) is 16.0 Å². The number of esters is 1. The summed E-state index contributed by atoms with van der Waals surface area (Å²) in [6.07, 6.45) is 0.575. The summed E-state index contributed by atoms with van der Waals surface area (Å²) in [6, 6.07) is 11.3. The number of urea groups is 1. The minimum atomic E-state index is -0.825. The normalized spacial score (nSPS) is 18.6. The summed E-state index contributed by atoms with van der Waals surface area (Å²) in [4.78, 5) is 28.7. The molecule has 1 aliphatic heterocycles. The highest BCUT2D eigenvalue weighted by Gasteiger charge is 2.38. The maximum atomic E-state index is 12.8. The number of nitrogens with zero attached hydrogens (tertiary/aromatic N) is 1. The topological polar surface area (TPSA) is 97.2 Å². The van der Waals surface area contributed by atoms with Crippen molar-refractivity contribution in [1.29, 1.82) is 0 Å². The molecule has 0 saturated carbocycles. The zero-order chi connectivity index (χ0) is 21.0. The van der Waals surface area contributed by atoms with Crippen LogP contribution in [0.15, 0.2) is 47.5 Å². The summed E-state index contributed by atoms with van der Waals surface area (Å²) in [5.41, 5.74) is 1.89. The lowest BCUT2D eigenvalue weighted by atomic mass is 9.88. The van der Waals surface area contributed by atoms with E-state index in [4.69, 9.17) is 21.1 Å². The zero-order valence-electron chi connectivity index (χ0n) is 16.0. The number of benzene rings is 2. The molecule has 0 bridgehead atoms. The van der Waals surface area contributed by atoms with Gasteiger partial charge in [-0.2, -0.15) is 0 Å². The molecule has 2 unspecified atom stereocenters. The van der Waals surface area contributed by atoms with Gasteiger partial charge in [-0.15, -0.1) is 0 Å². The van der Waals surface area contributed by atoms with Crippen LogP contribution in [-0.4, -0.2) is 36.5 Å². The molecule has 0 aliphatic carbocycles. The van der Waals surface area contributed by atoms with E-state index in [0.29, 0.717) is 17.7 Å². The quantitative estimate of drug-likeness (QED) is 0.700. The third-order valence-corrected chi connectivity index (χ3v) is 4.99. The Morgan fingerprint density at radius 1 is 1.28 bits per heavy atom. The standard InChI is InChI=1S/C21H21ClN2O5/c1-12-17(20(26)29-9-8-13-6-4-3-5-7-13)18(24-21(27)23-12)14-10-15(22)19(25)16(11-14)28-2/h3-7,10-11,17-18,25H,8-9H2,1-2H3,(H,24,27). The zero-order valence-corrected chi connectivity index (χ0v) is 16.8. The van der Waals surface area contributed by atoms with E-state index < -0.39 is 24.0 Å². The lowest BCUT2D eigenvalue weighted by Crippen LogP contribution is -2.44. The number of aromatic hydroxyl groups is 1. The van der Waals surface area contributed by atoms with Gasteiger partial charge in [0.25, 0.3) is 0 Å². The molecule has 1 heterocycles. The Morgan fingerprint density at radius 2 is 2.00 bits per heavy atom. The number of rotatable bonds is 6. The van der Waals surface area contributed by atoms with E-state index in [0.717, 1.165) is 5.56 Å². The molecule has 0 aromatic heterocycles. The number of hydrogen-bond acceptors (Lipinski definition) is 5. The van der Waals surface area contributed by atoms with Crippen molar-refractivity contribution in [3.8, 4) is 11.5 Å². The lowest BCUT2D eigenvalue weighted by Gasteiger charge is -2.30. The maximum Gasteiger partial charge on any atom is 0.341 e. The van der Waals surface area contributed by atoms with E-state index in [1.165, 1.54) is 19.2 Å². The van der Waals surface area contributed by atoms with Crippen LogP contribution in [0.3, 0.4) is 0 Å². The molecule has 29 heavy (non-hydrogen) atoms. The Hall–Kier alpha value is -3.06. The number of amides is 2. The Kier molecular flexibility index (Phi) is 6.39. The van der Waals surface area contributed by atoms with Gasteiger partial charge in [-0.1, -0.05) is 41.9 Å². The van der Waals surface area contributed by atoms with Crippen LogP contribution in [0.25, 0.3) is 0 Å². The number of halogens is 1. The predicted octanol–water partition coefficient (Wildman–Crippen LogP) is 3.68. The van der Waals surface area contributed by atoms with Crippen LogP contribution in [0.1, 0.15) is 24.1 Å². The van der Waals surface area contributed by atoms with Crippen molar-refractivity contribution in [2.24, 2.45) is 10.9 Å². The van der Waals surface area contributed by atoms with Crippen LogP contribution in [0.2, 0.25) is 5.02 Å². The summed E-state index contributed by atoms with van der Waals surface area (Å²) < 4.78 is 10.6. The molecule has 2 atom stereocenters. The van der Waals surface area contributed by atoms with E-state index >= 15 is 0 Å². The molecular formula is C21H21ClN2O5. The minimum Gasteiger partial charge on any atom is -0.503 e. The number of phenolic OH excluding ortho intramolecular Hbond substituents is 1. The number of methoxy groups -OCH3 is 1. The van der Waals surface area contributed by atoms with Crippen molar-refractivity contribution in [3.05, 3.63) is 58.6 Å². The molecule has 3 rings (SSSR count). The molecule has 152 valence electrons. The summed E-state index contributed by atoms with van der Waals surface area (Å²) in [5, 5.41) is 12.7. The molecule has 0 radical (unpaired) electrons. The fourth-order valence-corrected chi connectivity index (χ4v) is 3.45. The first-order valence-corrected chi connectivity index (χ1v) is 9.41. The van der Waals surface area contributed by atoms with Crippen LogP contribution in [0.5, 0.6) is 11.5 Å². The van der Waals surface area contributed by atoms with Gasteiger partial charge in [0.15, 0.2) is 11.5 Å². The van der Waals surface area contributed by atoms with E-state index in [1.54, 1.807) is 6.92 Å². The molecular weight excluding hydrogens is 396 g/mol. The molecule has 7 nitrogen and oxygen atoms in total. The highest BCUT2D eigenvalue weighted by molar-refractivity contribution is 6.32. The summed E-state index contributed by atoms with van der Waals surface area (Å²) in [7, 11) is 1.39. The first-order valence-electron chi connectivity index (χ1n) is 9.03. The number of phenols is 1. The minimum absolute atomic E-state index is 0.0463. The van der Waals surface area contributed by atoms with Crippen molar-refractivity contribution in [1.82, 2.24) is 5.32 Å². The van der Waals surface area contributed by atoms with Crippen molar-refractivity contribution in [2.75, 3.05) is 13.7 Å². The number of aliphatic imine (C=N–C) groups is 1. The van der Waals surface area contributed by atoms with Gasteiger partial charge in [0, 0.05) is 12.1 Å². The van der Waals surface area contributed by atoms with Crippen molar-refractivity contribution < 1.29 is 24.2 Å². The molecule has 2 amide bonds. The predicted molar refractivity (Wildman–Crippen MR) is 109 cm³/mol. The van der Waals surface area contributed by atoms with Crippen LogP contribution in [0, 0.1) is 5.92 Å². The van der Waals surface area contributed by atoms with Gasteiger partial charge in [-0.25, -0.2) is 9.79 Å². The second-order valence-electron chi connectivity index (χ2n) is 6.61. The largest absolute Gasteiger partial charge is 0.503 e. The molecule has 2 aromatic carbocycles. The van der Waals surface area contributed by atoms with E-state index in [-0.39, 0.29) is 23.1 Å². The van der Waals surface area contributed by atoms with Crippen molar-refractivity contribution >= 4 is 29.3 Å². The maximum absolute atomic E-state index is 12.8.